The number of methoxy groups -OCH3 is 1. The minimum absolute atomic E-state index is 0.183. The van der Waals surface area contributed by atoms with Crippen LogP contribution >= 0.6 is 0 Å². The Morgan fingerprint density at radius 1 is 1.11 bits per heavy atom. The monoisotopic (exact) mass is 381 g/mol. The number of hydrogen-bond acceptors (Lipinski definition) is 4. The molecule has 2 aromatic rings. The highest BCUT2D eigenvalue weighted by Gasteiger charge is 2.20. The Morgan fingerprint density at radius 3 is 2.36 bits per heavy atom. The van der Waals surface area contributed by atoms with Gasteiger partial charge in [0.15, 0.2) is 0 Å². The minimum atomic E-state index is -0.465. The van der Waals surface area contributed by atoms with Gasteiger partial charge in [0.25, 0.3) is 5.91 Å². The maximum absolute atomic E-state index is 12.4. The summed E-state index contributed by atoms with van der Waals surface area (Å²) in [7, 11) is 2.93. The number of benzene rings is 2. The van der Waals surface area contributed by atoms with Crippen LogP contribution in [0.5, 0.6) is 0 Å². The Labute approximate surface area is 163 Å². The number of rotatable bonds is 5. The molecule has 0 saturated carbocycles. The van der Waals surface area contributed by atoms with Gasteiger partial charge in [-0.1, -0.05) is 12.1 Å². The van der Waals surface area contributed by atoms with Gasteiger partial charge in [-0.2, -0.15) is 0 Å². The molecule has 1 aliphatic heterocycles. The van der Waals surface area contributed by atoms with E-state index in [1.807, 2.05) is 17.0 Å². The van der Waals surface area contributed by atoms with Crippen molar-refractivity contribution in [3.05, 3.63) is 59.7 Å². The van der Waals surface area contributed by atoms with Gasteiger partial charge in [-0.15, -0.1) is 0 Å². The molecular weight excluding hydrogens is 358 g/mol. The van der Waals surface area contributed by atoms with E-state index in [0.29, 0.717) is 29.9 Å². The number of carbonyl (C=O) groups excluding carboxylic acids is 3. The molecule has 0 aliphatic carbocycles. The molecule has 3 amide bonds. The van der Waals surface area contributed by atoms with Gasteiger partial charge in [-0.3, -0.25) is 14.5 Å². The van der Waals surface area contributed by atoms with Crippen molar-refractivity contribution in [3.8, 4) is 0 Å². The molecule has 1 N–H and O–H groups in total. The van der Waals surface area contributed by atoms with Gasteiger partial charge in [-0.25, -0.2) is 4.79 Å². The third-order valence-electron chi connectivity index (χ3n) is 4.72. The molecular formula is C21H23N3O4. The molecule has 2 aromatic carbocycles. The molecule has 0 aromatic heterocycles. The second-order valence-corrected chi connectivity index (χ2v) is 6.65. The van der Waals surface area contributed by atoms with Crippen LogP contribution in [0.25, 0.3) is 0 Å². The standard InChI is InChI=1S/C21H23N3O4/c1-23(21(27)28-2)18-11-9-17(10-12-18)22-20(26)16-7-5-15(6-8-16)14-24-13-3-4-19(24)25/h5-12H,3-4,13-14H2,1-2H3,(H,22,26). The number of anilines is 2. The summed E-state index contributed by atoms with van der Waals surface area (Å²) in [5.41, 5.74) is 2.82. The fraction of sp³-hybridized carbons (Fsp3) is 0.286. The average Bonchev–Trinajstić information content (AvgIpc) is 3.12. The number of likely N-dealkylation sites (tertiary alicyclic amines) is 1. The summed E-state index contributed by atoms with van der Waals surface area (Å²) < 4.78 is 4.67. The number of hydrogen-bond donors (Lipinski definition) is 1. The summed E-state index contributed by atoms with van der Waals surface area (Å²) in [6.45, 7) is 1.37. The van der Waals surface area contributed by atoms with E-state index in [2.05, 4.69) is 10.1 Å². The van der Waals surface area contributed by atoms with Crippen LogP contribution in [0.3, 0.4) is 0 Å². The molecule has 0 atom stereocenters. The quantitative estimate of drug-likeness (QED) is 0.862. The van der Waals surface area contributed by atoms with Gasteiger partial charge in [0, 0.05) is 43.5 Å². The van der Waals surface area contributed by atoms with Crippen LogP contribution in [0.4, 0.5) is 16.2 Å². The van der Waals surface area contributed by atoms with Gasteiger partial charge in [0.05, 0.1) is 7.11 Å². The minimum Gasteiger partial charge on any atom is -0.452 e. The van der Waals surface area contributed by atoms with Crippen LogP contribution < -0.4 is 10.2 Å². The zero-order valence-corrected chi connectivity index (χ0v) is 16.0. The molecule has 7 heteroatoms. The molecule has 1 fully saturated rings. The van der Waals surface area contributed by atoms with E-state index in [1.54, 1.807) is 43.4 Å². The van der Waals surface area contributed by atoms with E-state index < -0.39 is 6.09 Å². The molecule has 1 aliphatic rings. The SMILES string of the molecule is COC(=O)N(C)c1ccc(NC(=O)c2ccc(CN3CCCC3=O)cc2)cc1. The van der Waals surface area contributed by atoms with Crippen LogP contribution in [0, 0.1) is 0 Å². The highest BCUT2D eigenvalue weighted by molar-refractivity contribution is 6.04. The van der Waals surface area contributed by atoms with Gasteiger partial charge < -0.3 is 15.0 Å². The fourth-order valence-electron chi connectivity index (χ4n) is 3.07. The summed E-state index contributed by atoms with van der Waals surface area (Å²) >= 11 is 0. The molecule has 0 bridgehead atoms. The molecule has 0 spiro atoms. The van der Waals surface area contributed by atoms with Gasteiger partial charge in [-0.05, 0) is 48.4 Å². The van der Waals surface area contributed by atoms with Crippen molar-refractivity contribution in [1.29, 1.82) is 0 Å². The largest absolute Gasteiger partial charge is 0.452 e. The van der Waals surface area contributed by atoms with E-state index in [1.165, 1.54) is 12.0 Å². The smallest absolute Gasteiger partial charge is 0.413 e. The number of nitrogens with zero attached hydrogens (tertiary/aromatic N) is 2. The summed E-state index contributed by atoms with van der Waals surface area (Å²) in [4.78, 5) is 38.9. The van der Waals surface area contributed by atoms with E-state index in [9.17, 15) is 14.4 Å². The lowest BCUT2D eigenvalue weighted by molar-refractivity contribution is -0.128. The first-order valence-corrected chi connectivity index (χ1v) is 9.08. The number of ether oxygens (including phenoxy) is 1. The highest BCUT2D eigenvalue weighted by Crippen LogP contribution is 2.19. The second kappa shape index (κ2) is 8.56. The van der Waals surface area contributed by atoms with Gasteiger partial charge in [0.1, 0.15) is 0 Å². The number of carbonyl (C=O) groups is 3. The topological polar surface area (TPSA) is 79.0 Å². The van der Waals surface area contributed by atoms with Crippen molar-refractivity contribution in [2.75, 3.05) is 30.9 Å². The Kier molecular flexibility index (Phi) is 5.93. The lowest BCUT2D eigenvalue weighted by atomic mass is 10.1. The van der Waals surface area contributed by atoms with E-state index in [-0.39, 0.29) is 11.8 Å². The molecule has 0 radical (unpaired) electrons. The van der Waals surface area contributed by atoms with Crippen molar-refractivity contribution in [2.24, 2.45) is 0 Å². The molecule has 3 rings (SSSR count). The van der Waals surface area contributed by atoms with Gasteiger partial charge in [0.2, 0.25) is 5.91 Å². The van der Waals surface area contributed by atoms with Crippen molar-refractivity contribution in [1.82, 2.24) is 4.90 Å². The normalized spacial score (nSPS) is 13.4. The van der Waals surface area contributed by atoms with Crippen LogP contribution in [0.1, 0.15) is 28.8 Å². The average molecular weight is 381 g/mol. The Balaban J connectivity index is 1.59. The fourth-order valence-corrected chi connectivity index (χ4v) is 3.07. The zero-order valence-electron chi connectivity index (χ0n) is 16.0. The number of amides is 3. The molecule has 28 heavy (non-hydrogen) atoms. The molecule has 1 saturated heterocycles. The van der Waals surface area contributed by atoms with Crippen LogP contribution in [-0.4, -0.2) is 43.5 Å². The summed E-state index contributed by atoms with van der Waals surface area (Å²) in [6.07, 6.45) is 1.06. The molecule has 146 valence electrons. The predicted octanol–water partition coefficient (Wildman–Crippen LogP) is 3.26. The van der Waals surface area contributed by atoms with E-state index in [4.69, 9.17) is 0 Å². The molecule has 7 nitrogen and oxygen atoms in total. The predicted molar refractivity (Wildman–Crippen MR) is 106 cm³/mol. The third-order valence-corrected chi connectivity index (χ3v) is 4.72. The van der Waals surface area contributed by atoms with Crippen LogP contribution in [0.15, 0.2) is 48.5 Å². The first-order chi connectivity index (χ1) is 13.5. The summed E-state index contributed by atoms with van der Waals surface area (Å²) in [6, 6.07) is 14.1. The van der Waals surface area contributed by atoms with Crippen molar-refractivity contribution < 1.29 is 19.1 Å². The first-order valence-electron chi connectivity index (χ1n) is 9.08. The Bertz CT molecular complexity index is 862. The lowest BCUT2D eigenvalue weighted by Crippen LogP contribution is -2.25. The number of nitrogens with one attached hydrogen (secondary N) is 1. The summed E-state index contributed by atoms with van der Waals surface area (Å²) in [5, 5.41) is 2.83. The zero-order chi connectivity index (χ0) is 20.1. The van der Waals surface area contributed by atoms with E-state index >= 15 is 0 Å². The summed E-state index contributed by atoms with van der Waals surface area (Å²) in [5.74, 6) is -0.0408. The highest BCUT2D eigenvalue weighted by atomic mass is 16.5. The molecule has 0 unspecified atom stereocenters. The van der Waals surface area contributed by atoms with Crippen molar-refractivity contribution in [3.63, 3.8) is 0 Å². The van der Waals surface area contributed by atoms with Crippen molar-refractivity contribution >= 4 is 29.3 Å². The Hall–Kier alpha value is -3.35. The third kappa shape index (κ3) is 4.49. The van der Waals surface area contributed by atoms with Crippen LogP contribution in [0.2, 0.25) is 0 Å². The molecule has 1 heterocycles. The van der Waals surface area contributed by atoms with E-state index in [0.717, 1.165) is 18.5 Å². The lowest BCUT2D eigenvalue weighted by Gasteiger charge is -2.16. The Morgan fingerprint density at radius 2 is 1.79 bits per heavy atom. The van der Waals surface area contributed by atoms with Crippen molar-refractivity contribution in [2.45, 2.75) is 19.4 Å². The van der Waals surface area contributed by atoms with Crippen LogP contribution in [-0.2, 0) is 16.1 Å². The first kappa shape index (κ1) is 19.4. The second-order valence-electron chi connectivity index (χ2n) is 6.65. The maximum atomic E-state index is 12.4. The maximum Gasteiger partial charge on any atom is 0.413 e. The van der Waals surface area contributed by atoms with Gasteiger partial charge >= 0.3 is 6.09 Å².